The van der Waals surface area contributed by atoms with Gasteiger partial charge in [-0.1, -0.05) is 13.0 Å². The summed E-state index contributed by atoms with van der Waals surface area (Å²) in [6.45, 7) is 7.78. The molecule has 18 heavy (non-hydrogen) atoms. The fraction of sp³-hybridized carbons (Fsp3) is 0.615. The molecule has 1 heterocycles. The van der Waals surface area contributed by atoms with Crippen molar-refractivity contribution >= 4 is 29.1 Å². The van der Waals surface area contributed by atoms with E-state index in [0.717, 1.165) is 0 Å². The molecule has 0 aliphatic rings. The third kappa shape index (κ3) is 4.63. The molecule has 102 valence electrons. The fourth-order valence-corrected chi connectivity index (χ4v) is 4.29. The predicted molar refractivity (Wildman–Crippen MR) is 78.6 cm³/mol. The van der Waals surface area contributed by atoms with Crippen molar-refractivity contribution in [2.45, 2.75) is 55.2 Å². The van der Waals surface area contributed by atoms with E-state index in [2.05, 4.69) is 18.3 Å². The van der Waals surface area contributed by atoms with Crippen LogP contribution in [0.4, 0.5) is 0 Å². The number of rotatable bonds is 7. The molecule has 0 amide bonds. The zero-order valence-corrected chi connectivity index (χ0v) is 12.9. The van der Waals surface area contributed by atoms with Crippen molar-refractivity contribution in [1.29, 1.82) is 0 Å². The molecule has 0 saturated carbocycles. The maximum absolute atomic E-state index is 11.4. The highest BCUT2D eigenvalue weighted by Crippen LogP contribution is 2.32. The molecule has 2 N–H and O–H groups in total. The van der Waals surface area contributed by atoms with E-state index in [0.29, 0.717) is 6.42 Å². The largest absolute Gasteiger partial charge is 0.480 e. The summed E-state index contributed by atoms with van der Waals surface area (Å²) in [5, 5.41) is 14.8. The lowest BCUT2D eigenvalue weighted by Gasteiger charge is -2.30. The van der Waals surface area contributed by atoms with E-state index in [1.54, 1.807) is 30.0 Å². The Kier molecular flexibility index (Phi) is 5.69. The standard InChI is InChI=1S/C13H21NO2S2/c1-9(2)14-13(4,12(15)16)8-10(3)18-11-6-5-7-17-11/h5-7,9-10,14H,8H2,1-4H3,(H,15,16). The molecule has 0 aromatic carbocycles. The molecule has 1 rings (SSSR count). The summed E-state index contributed by atoms with van der Waals surface area (Å²) in [6, 6.07) is 4.24. The van der Waals surface area contributed by atoms with Gasteiger partial charge >= 0.3 is 5.97 Å². The van der Waals surface area contributed by atoms with Crippen LogP contribution in [0.5, 0.6) is 0 Å². The lowest BCUT2D eigenvalue weighted by molar-refractivity contribution is -0.144. The number of nitrogens with one attached hydrogen (secondary N) is 1. The fourth-order valence-electron chi connectivity index (χ4n) is 1.99. The van der Waals surface area contributed by atoms with Crippen LogP contribution in [0.2, 0.25) is 0 Å². The molecule has 2 unspecified atom stereocenters. The lowest BCUT2D eigenvalue weighted by Crippen LogP contribution is -2.53. The molecule has 0 saturated heterocycles. The van der Waals surface area contributed by atoms with Gasteiger partial charge < -0.3 is 5.11 Å². The molecule has 0 radical (unpaired) electrons. The number of thiophene rings is 1. The smallest absolute Gasteiger partial charge is 0.323 e. The van der Waals surface area contributed by atoms with Crippen molar-refractivity contribution in [3.63, 3.8) is 0 Å². The van der Waals surface area contributed by atoms with Gasteiger partial charge in [0.2, 0.25) is 0 Å². The van der Waals surface area contributed by atoms with E-state index in [4.69, 9.17) is 0 Å². The number of thioether (sulfide) groups is 1. The number of carbonyl (C=O) groups is 1. The first-order valence-corrected chi connectivity index (χ1v) is 7.80. The first-order chi connectivity index (χ1) is 8.33. The summed E-state index contributed by atoms with van der Waals surface area (Å²) in [5.74, 6) is -0.783. The number of hydrogen-bond acceptors (Lipinski definition) is 4. The van der Waals surface area contributed by atoms with Crippen LogP contribution in [-0.2, 0) is 4.79 Å². The second kappa shape index (κ2) is 6.59. The highest BCUT2D eigenvalue weighted by Gasteiger charge is 2.35. The van der Waals surface area contributed by atoms with Gasteiger partial charge in [-0.05, 0) is 38.6 Å². The van der Waals surface area contributed by atoms with Gasteiger partial charge in [0.25, 0.3) is 0 Å². The van der Waals surface area contributed by atoms with Crippen LogP contribution in [-0.4, -0.2) is 27.9 Å². The van der Waals surface area contributed by atoms with E-state index >= 15 is 0 Å². The van der Waals surface area contributed by atoms with Crippen LogP contribution in [0.1, 0.15) is 34.1 Å². The van der Waals surface area contributed by atoms with Crippen LogP contribution < -0.4 is 5.32 Å². The zero-order valence-electron chi connectivity index (χ0n) is 11.3. The van der Waals surface area contributed by atoms with Crippen LogP contribution in [0.3, 0.4) is 0 Å². The maximum atomic E-state index is 11.4. The van der Waals surface area contributed by atoms with Crippen molar-refractivity contribution in [1.82, 2.24) is 5.32 Å². The third-order valence-corrected chi connectivity index (χ3v) is 4.76. The summed E-state index contributed by atoms with van der Waals surface area (Å²) in [4.78, 5) is 11.4. The lowest BCUT2D eigenvalue weighted by atomic mass is 9.95. The third-order valence-electron chi connectivity index (χ3n) is 2.59. The highest BCUT2D eigenvalue weighted by molar-refractivity contribution is 8.01. The van der Waals surface area contributed by atoms with Gasteiger partial charge in [0, 0.05) is 11.3 Å². The molecule has 1 aromatic heterocycles. The molecule has 0 bridgehead atoms. The number of carboxylic acid groups (broad SMARTS) is 1. The minimum atomic E-state index is -0.863. The van der Waals surface area contributed by atoms with Crippen molar-refractivity contribution in [2.24, 2.45) is 0 Å². The molecule has 0 aliphatic carbocycles. The molecule has 0 fully saturated rings. The minimum Gasteiger partial charge on any atom is -0.480 e. The Hall–Kier alpha value is -0.520. The second-order valence-corrected chi connectivity index (χ2v) is 7.69. The van der Waals surface area contributed by atoms with Gasteiger partial charge in [-0.25, -0.2) is 0 Å². The summed E-state index contributed by atoms with van der Waals surface area (Å²) < 4.78 is 1.24. The van der Waals surface area contributed by atoms with Gasteiger partial charge in [-0.2, -0.15) is 0 Å². The summed E-state index contributed by atoms with van der Waals surface area (Å²) in [5.41, 5.74) is -0.863. The predicted octanol–water partition coefficient (Wildman–Crippen LogP) is 3.46. The van der Waals surface area contributed by atoms with Gasteiger partial charge in [-0.3, -0.25) is 10.1 Å². The highest BCUT2D eigenvalue weighted by atomic mass is 32.2. The normalized spacial score (nSPS) is 16.5. The van der Waals surface area contributed by atoms with Crippen LogP contribution in [0.15, 0.2) is 21.7 Å². The first-order valence-electron chi connectivity index (χ1n) is 6.05. The molecule has 0 spiro atoms. The Morgan fingerprint density at radius 2 is 2.22 bits per heavy atom. The summed E-state index contributed by atoms with van der Waals surface area (Å²) in [7, 11) is 0. The average Bonchev–Trinajstić information content (AvgIpc) is 2.68. The number of aliphatic carboxylic acids is 1. The molecule has 3 nitrogen and oxygen atoms in total. The van der Waals surface area contributed by atoms with E-state index in [1.165, 1.54) is 4.21 Å². The van der Waals surface area contributed by atoms with E-state index in [1.807, 2.05) is 25.3 Å². The van der Waals surface area contributed by atoms with Crippen molar-refractivity contribution in [2.75, 3.05) is 0 Å². The van der Waals surface area contributed by atoms with Gasteiger partial charge in [0.1, 0.15) is 5.54 Å². The maximum Gasteiger partial charge on any atom is 0.323 e. The number of hydrogen-bond donors (Lipinski definition) is 2. The molecule has 5 heteroatoms. The monoisotopic (exact) mass is 287 g/mol. The molecular formula is C13H21NO2S2. The zero-order chi connectivity index (χ0) is 13.8. The Labute approximate surface area is 117 Å². The van der Waals surface area contributed by atoms with Crippen LogP contribution in [0.25, 0.3) is 0 Å². The quantitative estimate of drug-likeness (QED) is 0.754. The van der Waals surface area contributed by atoms with E-state index < -0.39 is 11.5 Å². The van der Waals surface area contributed by atoms with Gasteiger partial charge in [0.05, 0.1) is 4.21 Å². The molecule has 2 atom stereocenters. The molecule has 0 aliphatic heterocycles. The Balaban J connectivity index is 2.63. The van der Waals surface area contributed by atoms with E-state index in [9.17, 15) is 9.90 Å². The van der Waals surface area contributed by atoms with Crippen molar-refractivity contribution in [3.8, 4) is 0 Å². The van der Waals surface area contributed by atoms with Crippen molar-refractivity contribution in [3.05, 3.63) is 17.5 Å². The van der Waals surface area contributed by atoms with Gasteiger partial charge in [-0.15, -0.1) is 23.1 Å². The van der Waals surface area contributed by atoms with Crippen LogP contribution >= 0.6 is 23.1 Å². The first kappa shape index (κ1) is 15.5. The molecular weight excluding hydrogens is 266 g/mol. The van der Waals surface area contributed by atoms with E-state index in [-0.39, 0.29) is 11.3 Å². The summed E-state index contributed by atoms with van der Waals surface area (Å²) in [6.07, 6.45) is 0.600. The molecule has 1 aromatic rings. The van der Waals surface area contributed by atoms with Gasteiger partial charge in [0.15, 0.2) is 0 Å². The Morgan fingerprint density at radius 1 is 1.56 bits per heavy atom. The summed E-state index contributed by atoms with van der Waals surface area (Å²) >= 11 is 3.43. The number of carboxylic acids is 1. The SMILES string of the molecule is CC(C)NC(C)(CC(C)Sc1cccs1)C(=O)O. The minimum absolute atomic E-state index is 0.157. The Bertz CT molecular complexity index is 378. The average molecular weight is 287 g/mol. The second-order valence-electron chi connectivity index (χ2n) is 5.00. The Morgan fingerprint density at radius 3 is 2.67 bits per heavy atom. The topological polar surface area (TPSA) is 49.3 Å². The van der Waals surface area contributed by atoms with Crippen molar-refractivity contribution < 1.29 is 9.90 Å². The van der Waals surface area contributed by atoms with Crippen LogP contribution in [0, 0.1) is 0 Å².